The van der Waals surface area contributed by atoms with Gasteiger partial charge in [0.05, 0.1) is 29.3 Å². The third kappa shape index (κ3) is 3.34. The molecule has 0 N–H and O–H groups in total. The number of fused-ring (bicyclic) bond motifs is 1. The maximum atomic E-state index is 12.3. The van der Waals surface area contributed by atoms with Gasteiger partial charge < -0.3 is 9.47 Å². The minimum Gasteiger partial charge on any atom is -0.331 e. The molecule has 0 aliphatic carbocycles. The van der Waals surface area contributed by atoms with Crippen molar-refractivity contribution < 1.29 is 0 Å². The highest BCUT2D eigenvalue weighted by molar-refractivity contribution is 5.84. The van der Waals surface area contributed by atoms with E-state index in [9.17, 15) is 4.79 Å². The number of imidazole rings is 2. The van der Waals surface area contributed by atoms with Crippen molar-refractivity contribution in [2.45, 2.75) is 39.2 Å². The standard InChI is InChI=1S/C21H29N5O/c1-16-12-18-19(24(3)21(27)23(18)2)13-17(16)20-14-22-15-26(20)11-7-10-25-8-5-4-6-9-25/h12-15H,4-11H2,1-3H3. The highest BCUT2D eigenvalue weighted by Gasteiger charge is 2.15. The summed E-state index contributed by atoms with van der Waals surface area (Å²) in [6.45, 7) is 6.72. The zero-order chi connectivity index (χ0) is 19.0. The molecule has 4 rings (SSSR count). The molecule has 1 aliphatic heterocycles. The molecule has 0 saturated carbocycles. The van der Waals surface area contributed by atoms with Crippen LogP contribution in [0, 0.1) is 6.92 Å². The summed E-state index contributed by atoms with van der Waals surface area (Å²) in [5.74, 6) is 0. The van der Waals surface area contributed by atoms with E-state index in [0.717, 1.165) is 41.8 Å². The van der Waals surface area contributed by atoms with Gasteiger partial charge in [-0.25, -0.2) is 9.78 Å². The molecule has 0 bridgehead atoms. The lowest BCUT2D eigenvalue weighted by Crippen LogP contribution is -2.31. The first-order valence-corrected chi connectivity index (χ1v) is 9.95. The smallest absolute Gasteiger partial charge is 0.328 e. The van der Waals surface area contributed by atoms with Gasteiger partial charge in [0.1, 0.15) is 0 Å². The summed E-state index contributed by atoms with van der Waals surface area (Å²) in [5.41, 5.74) is 5.39. The Morgan fingerprint density at radius 3 is 2.44 bits per heavy atom. The first-order chi connectivity index (χ1) is 13.1. The first-order valence-electron chi connectivity index (χ1n) is 9.95. The molecule has 0 atom stereocenters. The second kappa shape index (κ2) is 7.35. The molecule has 0 amide bonds. The maximum Gasteiger partial charge on any atom is 0.328 e. The lowest BCUT2D eigenvalue weighted by molar-refractivity contribution is 0.223. The Kier molecular flexibility index (Phi) is 4.91. The molecule has 1 aromatic carbocycles. The monoisotopic (exact) mass is 367 g/mol. The van der Waals surface area contributed by atoms with Crippen LogP contribution >= 0.6 is 0 Å². The Hall–Kier alpha value is -2.34. The van der Waals surface area contributed by atoms with E-state index in [0.29, 0.717) is 0 Å². The molecule has 1 fully saturated rings. The van der Waals surface area contributed by atoms with E-state index in [-0.39, 0.29) is 5.69 Å². The summed E-state index contributed by atoms with van der Waals surface area (Å²) in [7, 11) is 3.66. The third-order valence-corrected chi connectivity index (χ3v) is 5.93. The van der Waals surface area contributed by atoms with Gasteiger partial charge in [-0.15, -0.1) is 0 Å². The molecule has 0 spiro atoms. The fraction of sp³-hybridized carbons (Fsp3) is 0.524. The number of likely N-dealkylation sites (tertiary alicyclic amines) is 1. The van der Waals surface area contributed by atoms with E-state index in [1.54, 1.807) is 9.13 Å². The fourth-order valence-corrected chi connectivity index (χ4v) is 4.30. The Bertz CT molecular complexity index is 1000. The lowest BCUT2D eigenvalue weighted by Gasteiger charge is -2.26. The van der Waals surface area contributed by atoms with Crippen LogP contribution in [-0.4, -0.2) is 43.2 Å². The van der Waals surface area contributed by atoms with E-state index in [1.165, 1.54) is 37.9 Å². The maximum absolute atomic E-state index is 12.3. The summed E-state index contributed by atoms with van der Waals surface area (Å²) in [6, 6.07) is 4.24. The van der Waals surface area contributed by atoms with Gasteiger partial charge in [-0.1, -0.05) is 6.42 Å². The van der Waals surface area contributed by atoms with Gasteiger partial charge in [-0.2, -0.15) is 0 Å². The summed E-state index contributed by atoms with van der Waals surface area (Å²) in [4.78, 5) is 19.2. The Labute approximate surface area is 160 Å². The van der Waals surface area contributed by atoms with Crippen molar-refractivity contribution in [2.24, 2.45) is 14.1 Å². The molecule has 1 saturated heterocycles. The van der Waals surface area contributed by atoms with Crippen LogP contribution in [-0.2, 0) is 20.6 Å². The number of hydrogen-bond donors (Lipinski definition) is 0. The van der Waals surface area contributed by atoms with Crippen molar-refractivity contribution in [3.63, 3.8) is 0 Å². The van der Waals surface area contributed by atoms with Gasteiger partial charge in [0.2, 0.25) is 0 Å². The number of piperidine rings is 1. The van der Waals surface area contributed by atoms with Crippen LogP contribution in [0.1, 0.15) is 31.2 Å². The molecule has 6 heteroatoms. The van der Waals surface area contributed by atoms with Gasteiger partial charge in [-0.05, 0) is 63.5 Å². The van der Waals surface area contributed by atoms with E-state index >= 15 is 0 Å². The molecule has 0 unspecified atom stereocenters. The van der Waals surface area contributed by atoms with Gasteiger partial charge in [0.25, 0.3) is 0 Å². The average Bonchev–Trinajstić information content (AvgIpc) is 3.22. The van der Waals surface area contributed by atoms with E-state index in [4.69, 9.17) is 0 Å². The molecule has 3 aromatic rings. The van der Waals surface area contributed by atoms with Crippen LogP contribution in [0.3, 0.4) is 0 Å². The van der Waals surface area contributed by atoms with Gasteiger partial charge >= 0.3 is 5.69 Å². The van der Waals surface area contributed by atoms with Gasteiger partial charge in [-0.3, -0.25) is 9.13 Å². The Morgan fingerprint density at radius 1 is 1.00 bits per heavy atom. The highest BCUT2D eigenvalue weighted by Crippen LogP contribution is 2.28. The minimum atomic E-state index is 0.0107. The molecule has 3 heterocycles. The van der Waals surface area contributed by atoms with Crippen LogP contribution in [0.5, 0.6) is 0 Å². The van der Waals surface area contributed by atoms with E-state index in [1.807, 2.05) is 26.6 Å². The molecule has 2 aromatic heterocycles. The summed E-state index contributed by atoms with van der Waals surface area (Å²) in [5, 5.41) is 0. The predicted octanol–water partition coefficient (Wildman–Crippen LogP) is 2.92. The average molecular weight is 367 g/mol. The van der Waals surface area contributed by atoms with Gasteiger partial charge in [0.15, 0.2) is 0 Å². The van der Waals surface area contributed by atoms with Crippen LogP contribution in [0.25, 0.3) is 22.3 Å². The fourth-order valence-electron chi connectivity index (χ4n) is 4.30. The van der Waals surface area contributed by atoms with E-state index in [2.05, 4.69) is 33.5 Å². The molecular formula is C21H29N5O. The Balaban J connectivity index is 1.59. The Morgan fingerprint density at radius 2 is 1.70 bits per heavy atom. The number of aryl methyl sites for hydroxylation is 4. The van der Waals surface area contributed by atoms with Crippen LogP contribution < -0.4 is 5.69 Å². The summed E-state index contributed by atoms with van der Waals surface area (Å²) >= 11 is 0. The SMILES string of the molecule is Cc1cc2c(cc1-c1cncn1CCCN1CCCCC1)n(C)c(=O)n2C. The zero-order valence-corrected chi connectivity index (χ0v) is 16.6. The summed E-state index contributed by atoms with van der Waals surface area (Å²) < 4.78 is 5.68. The quantitative estimate of drug-likeness (QED) is 0.697. The highest BCUT2D eigenvalue weighted by atomic mass is 16.1. The molecule has 144 valence electrons. The molecule has 27 heavy (non-hydrogen) atoms. The summed E-state index contributed by atoms with van der Waals surface area (Å²) in [6.07, 6.45) is 9.06. The van der Waals surface area contributed by atoms with Crippen LogP contribution in [0.15, 0.2) is 29.5 Å². The van der Waals surface area contributed by atoms with Crippen molar-refractivity contribution in [1.29, 1.82) is 0 Å². The topological polar surface area (TPSA) is 48.0 Å². The van der Waals surface area contributed by atoms with E-state index < -0.39 is 0 Å². The largest absolute Gasteiger partial charge is 0.331 e. The van der Waals surface area contributed by atoms with Crippen LogP contribution in [0.4, 0.5) is 0 Å². The third-order valence-electron chi connectivity index (χ3n) is 5.93. The minimum absolute atomic E-state index is 0.0107. The second-order valence-corrected chi connectivity index (χ2v) is 7.78. The van der Waals surface area contributed by atoms with Crippen molar-refractivity contribution >= 4 is 11.0 Å². The lowest BCUT2D eigenvalue weighted by atomic mass is 10.0. The zero-order valence-electron chi connectivity index (χ0n) is 16.6. The van der Waals surface area contributed by atoms with Crippen molar-refractivity contribution in [1.82, 2.24) is 23.6 Å². The molecular weight excluding hydrogens is 338 g/mol. The number of benzene rings is 1. The second-order valence-electron chi connectivity index (χ2n) is 7.78. The first kappa shape index (κ1) is 18.0. The predicted molar refractivity (Wildman–Crippen MR) is 109 cm³/mol. The number of nitrogens with zero attached hydrogens (tertiary/aromatic N) is 5. The molecule has 0 radical (unpaired) electrons. The number of rotatable bonds is 5. The molecule has 1 aliphatic rings. The number of aromatic nitrogens is 4. The van der Waals surface area contributed by atoms with Gasteiger partial charge in [0, 0.05) is 26.2 Å². The van der Waals surface area contributed by atoms with Crippen LogP contribution in [0.2, 0.25) is 0 Å². The molecule has 6 nitrogen and oxygen atoms in total. The normalized spacial score (nSPS) is 15.7. The van der Waals surface area contributed by atoms with Crippen molar-refractivity contribution in [3.05, 3.63) is 40.7 Å². The van der Waals surface area contributed by atoms with Crippen molar-refractivity contribution in [3.8, 4) is 11.3 Å². The van der Waals surface area contributed by atoms with Crippen molar-refractivity contribution in [2.75, 3.05) is 19.6 Å². The number of hydrogen-bond acceptors (Lipinski definition) is 3.